The maximum absolute atomic E-state index is 13.8. The molecular weight excluding hydrogens is 379 g/mol. The molecular formula is C23H16ClFO3. The van der Waals surface area contributed by atoms with Crippen molar-refractivity contribution in [3.8, 4) is 11.5 Å². The molecule has 0 spiro atoms. The van der Waals surface area contributed by atoms with Gasteiger partial charge in [0.15, 0.2) is 5.76 Å². The summed E-state index contributed by atoms with van der Waals surface area (Å²) < 4.78 is 25.4. The van der Waals surface area contributed by atoms with Gasteiger partial charge in [-0.15, -0.1) is 0 Å². The number of carbonyl (C=O) groups excluding carboxylic acids is 1. The van der Waals surface area contributed by atoms with Crippen molar-refractivity contribution in [3.63, 3.8) is 0 Å². The van der Waals surface area contributed by atoms with Crippen LogP contribution in [0.15, 0.2) is 66.4 Å². The number of hydrogen-bond acceptors (Lipinski definition) is 3. The molecule has 3 aromatic carbocycles. The van der Waals surface area contributed by atoms with Crippen molar-refractivity contribution in [1.82, 2.24) is 0 Å². The smallest absolute Gasteiger partial charge is 0.231 e. The molecule has 1 aliphatic rings. The molecule has 28 heavy (non-hydrogen) atoms. The Morgan fingerprint density at radius 3 is 2.57 bits per heavy atom. The molecule has 5 heteroatoms. The Balaban J connectivity index is 1.58. The molecule has 0 bridgehead atoms. The van der Waals surface area contributed by atoms with Crippen LogP contribution >= 0.6 is 11.6 Å². The summed E-state index contributed by atoms with van der Waals surface area (Å²) in [6.07, 6.45) is 1.68. The monoisotopic (exact) mass is 394 g/mol. The highest BCUT2D eigenvalue weighted by Crippen LogP contribution is 2.39. The van der Waals surface area contributed by atoms with Gasteiger partial charge in [-0.2, -0.15) is 0 Å². The average molecular weight is 395 g/mol. The number of hydrogen-bond donors (Lipinski definition) is 0. The summed E-state index contributed by atoms with van der Waals surface area (Å²) in [5, 5.41) is 0.622. The molecule has 0 aliphatic carbocycles. The fourth-order valence-electron chi connectivity index (χ4n) is 3.01. The van der Waals surface area contributed by atoms with Gasteiger partial charge in [-0.05, 0) is 48.9 Å². The number of carbonyl (C=O) groups is 1. The summed E-state index contributed by atoms with van der Waals surface area (Å²) in [4.78, 5) is 12.6. The van der Waals surface area contributed by atoms with Gasteiger partial charge in [0, 0.05) is 16.1 Å². The van der Waals surface area contributed by atoms with Crippen molar-refractivity contribution in [1.29, 1.82) is 0 Å². The summed E-state index contributed by atoms with van der Waals surface area (Å²) in [5.74, 6) is 0.750. The quantitative estimate of drug-likeness (QED) is 0.510. The van der Waals surface area contributed by atoms with Gasteiger partial charge in [0.2, 0.25) is 5.78 Å². The van der Waals surface area contributed by atoms with E-state index in [2.05, 4.69) is 0 Å². The lowest BCUT2D eigenvalue weighted by molar-refractivity contribution is 0.101. The van der Waals surface area contributed by atoms with Crippen LogP contribution in [0.3, 0.4) is 0 Å². The molecule has 0 fully saturated rings. The van der Waals surface area contributed by atoms with Gasteiger partial charge in [-0.3, -0.25) is 4.79 Å². The molecule has 0 saturated heterocycles. The van der Waals surface area contributed by atoms with Gasteiger partial charge in [0.25, 0.3) is 0 Å². The Labute approximate surface area is 167 Å². The highest BCUT2D eigenvalue weighted by atomic mass is 35.5. The zero-order chi connectivity index (χ0) is 19.7. The van der Waals surface area contributed by atoms with Crippen LogP contribution in [0.2, 0.25) is 5.02 Å². The zero-order valence-corrected chi connectivity index (χ0v) is 15.8. The first-order chi connectivity index (χ1) is 13.5. The summed E-state index contributed by atoms with van der Waals surface area (Å²) in [5.41, 5.74) is 2.45. The lowest BCUT2D eigenvalue weighted by Gasteiger charge is -2.12. The third-order valence-electron chi connectivity index (χ3n) is 4.55. The van der Waals surface area contributed by atoms with Crippen LogP contribution in [0.4, 0.5) is 4.39 Å². The summed E-state index contributed by atoms with van der Waals surface area (Å²) in [6.45, 7) is 1.90. The highest BCUT2D eigenvalue weighted by Gasteiger charge is 2.30. The van der Waals surface area contributed by atoms with Crippen molar-refractivity contribution < 1.29 is 18.7 Å². The number of halogens is 2. The molecule has 0 saturated carbocycles. The fraction of sp³-hybridized carbons (Fsp3) is 0.0870. The van der Waals surface area contributed by atoms with Crippen molar-refractivity contribution in [2.75, 3.05) is 0 Å². The summed E-state index contributed by atoms with van der Waals surface area (Å²) in [6, 6.07) is 17.0. The minimum Gasteiger partial charge on any atom is -0.488 e. The molecule has 0 unspecified atom stereocenters. The van der Waals surface area contributed by atoms with E-state index in [-0.39, 0.29) is 24.0 Å². The molecule has 0 amide bonds. The Hall–Kier alpha value is -3.11. The molecule has 0 N–H and O–H groups in total. The predicted molar refractivity (Wildman–Crippen MR) is 106 cm³/mol. The zero-order valence-electron chi connectivity index (χ0n) is 15.0. The van der Waals surface area contributed by atoms with E-state index in [1.54, 1.807) is 48.5 Å². The Kier molecular flexibility index (Phi) is 4.88. The first-order valence-corrected chi connectivity index (χ1v) is 9.10. The van der Waals surface area contributed by atoms with Crippen molar-refractivity contribution >= 4 is 23.5 Å². The Morgan fingerprint density at radius 1 is 1.07 bits per heavy atom. The number of benzene rings is 3. The van der Waals surface area contributed by atoms with Crippen LogP contribution < -0.4 is 9.47 Å². The number of Topliss-reactive ketones (excluding diaryl/α,β-unsaturated/α-hetero) is 1. The van der Waals surface area contributed by atoms with E-state index in [1.165, 1.54) is 6.07 Å². The van der Waals surface area contributed by atoms with E-state index in [9.17, 15) is 9.18 Å². The van der Waals surface area contributed by atoms with E-state index in [4.69, 9.17) is 21.1 Å². The molecule has 0 radical (unpaired) electrons. The standard InChI is InChI=1S/C23H16ClFO3/c1-14-20(27-13-16-4-2-3-5-19(16)25)11-10-18-22(26)21(28-23(14)18)12-15-6-8-17(24)9-7-15/h2-12H,13H2,1H3/b21-12-. The summed E-state index contributed by atoms with van der Waals surface area (Å²) in [7, 11) is 0. The molecule has 3 aromatic rings. The van der Waals surface area contributed by atoms with Crippen LogP contribution in [0.25, 0.3) is 6.08 Å². The van der Waals surface area contributed by atoms with E-state index in [1.807, 2.05) is 19.1 Å². The lowest BCUT2D eigenvalue weighted by Crippen LogP contribution is -2.00. The first-order valence-electron chi connectivity index (χ1n) is 8.72. The Bertz CT molecular complexity index is 1090. The molecule has 140 valence electrons. The number of ether oxygens (including phenoxy) is 2. The fourth-order valence-corrected chi connectivity index (χ4v) is 3.13. The minimum absolute atomic E-state index is 0.0910. The van der Waals surface area contributed by atoms with Crippen LogP contribution in [-0.2, 0) is 6.61 Å². The second-order valence-electron chi connectivity index (χ2n) is 6.44. The topological polar surface area (TPSA) is 35.5 Å². The van der Waals surface area contributed by atoms with Gasteiger partial charge in [-0.1, -0.05) is 41.9 Å². The third-order valence-corrected chi connectivity index (χ3v) is 4.80. The molecule has 3 nitrogen and oxygen atoms in total. The second kappa shape index (κ2) is 7.49. The van der Waals surface area contributed by atoms with Crippen LogP contribution in [0.1, 0.15) is 27.0 Å². The van der Waals surface area contributed by atoms with Crippen LogP contribution in [-0.4, -0.2) is 5.78 Å². The molecule has 1 heterocycles. The van der Waals surface area contributed by atoms with Gasteiger partial charge in [0.05, 0.1) is 5.56 Å². The van der Waals surface area contributed by atoms with Crippen molar-refractivity contribution in [3.05, 3.63) is 99.5 Å². The molecule has 0 aromatic heterocycles. The number of rotatable bonds is 4. The lowest BCUT2D eigenvalue weighted by atomic mass is 10.1. The van der Waals surface area contributed by atoms with Crippen molar-refractivity contribution in [2.45, 2.75) is 13.5 Å². The highest BCUT2D eigenvalue weighted by molar-refractivity contribution is 6.30. The van der Waals surface area contributed by atoms with Crippen molar-refractivity contribution in [2.24, 2.45) is 0 Å². The average Bonchev–Trinajstić information content (AvgIpc) is 3.01. The summed E-state index contributed by atoms with van der Waals surface area (Å²) >= 11 is 5.90. The van der Waals surface area contributed by atoms with E-state index in [0.717, 1.165) is 5.56 Å². The SMILES string of the molecule is Cc1c(OCc2ccccc2F)ccc2c1O/C(=C\c1ccc(Cl)cc1)C2=O. The number of ketones is 1. The second-order valence-corrected chi connectivity index (χ2v) is 6.87. The van der Waals surface area contributed by atoms with E-state index < -0.39 is 0 Å². The van der Waals surface area contributed by atoms with E-state index in [0.29, 0.717) is 33.2 Å². The third kappa shape index (κ3) is 3.51. The Morgan fingerprint density at radius 2 is 1.82 bits per heavy atom. The molecule has 1 aliphatic heterocycles. The van der Waals surface area contributed by atoms with E-state index >= 15 is 0 Å². The first kappa shape index (κ1) is 18.3. The predicted octanol–water partition coefficient (Wildman–Crippen LogP) is 5.98. The molecule has 0 atom stereocenters. The van der Waals surface area contributed by atoms with Gasteiger partial charge >= 0.3 is 0 Å². The normalized spacial score (nSPS) is 14.1. The number of fused-ring (bicyclic) bond motifs is 1. The van der Waals surface area contributed by atoms with Gasteiger partial charge in [-0.25, -0.2) is 4.39 Å². The maximum atomic E-state index is 13.8. The number of allylic oxidation sites excluding steroid dienone is 1. The maximum Gasteiger partial charge on any atom is 0.231 e. The minimum atomic E-state index is -0.319. The molecule has 4 rings (SSSR count). The van der Waals surface area contributed by atoms with Gasteiger partial charge in [0.1, 0.15) is 23.9 Å². The van der Waals surface area contributed by atoms with Gasteiger partial charge < -0.3 is 9.47 Å². The van der Waals surface area contributed by atoms with Crippen LogP contribution in [0.5, 0.6) is 11.5 Å². The van der Waals surface area contributed by atoms with Crippen LogP contribution in [0, 0.1) is 12.7 Å². The largest absolute Gasteiger partial charge is 0.488 e.